The highest BCUT2D eigenvalue weighted by Crippen LogP contribution is 2.26. The van der Waals surface area contributed by atoms with Gasteiger partial charge in [0.05, 0.1) is 0 Å². The van der Waals surface area contributed by atoms with Crippen LogP contribution in [0, 0.1) is 11.8 Å². The van der Waals surface area contributed by atoms with Gasteiger partial charge in [-0.1, -0.05) is 6.92 Å². The fraction of sp³-hybridized carbons (Fsp3) is 0.857. The number of piperidine rings is 1. The first kappa shape index (κ1) is 16.0. The summed E-state index contributed by atoms with van der Waals surface area (Å²) in [5.74, 6) is -0.0972. The van der Waals surface area contributed by atoms with Gasteiger partial charge in [-0.15, -0.1) is 0 Å². The molecule has 1 aliphatic rings. The summed E-state index contributed by atoms with van der Waals surface area (Å²) in [6.07, 6.45) is 4.51. The van der Waals surface area contributed by atoms with E-state index in [2.05, 4.69) is 0 Å². The molecule has 5 nitrogen and oxygen atoms in total. The van der Waals surface area contributed by atoms with Crippen LogP contribution in [-0.4, -0.2) is 41.5 Å². The van der Waals surface area contributed by atoms with Crippen LogP contribution < -0.4 is 5.73 Å². The quantitative estimate of drug-likeness (QED) is 0.686. The van der Waals surface area contributed by atoms with Gasteiger partial charge in [0.15, 0.2) is 0 Å². The Kier molecular flexibility index (Phi) is 6.84. The highest BCUT2D eigenvalue weighted by molar-refractivity contribution is 5.76. The SMILES string of the molecule is CC(CC(=O)O)C1CCCN(C(=O)CCCCN)C1. The fourth-order valence-corrected chi connectivity index (χ4v) is 2.72. The van der Waals surface area contributed by atoms with Crippen molar-refractivity contribution in [3.8, 4) is 0 Å². The first-order valence-electron chi connectivity index (χ1n) is 7.24. The first-order chi connectivity index (χ1) is 9.04. The van der Waals surface area contributed by atoms with Gasteiger partial charge in [-0.3, -0.25) is 9.59 Å². The topological polar surface area (TPSA) is 83.6 Å². The fourth-order valence-electron chi connectivity index (χ4n) is 2.72. The Bertz CT molecular complexity index is 307. The maximum Gasteiger partial charge on any atom is 0.303 e. The lowest BCUT2D eigenvalue weighted by Crippen LogP contribution is -2.42. The lowest BCUT2D eigenvalue weighted by Gasteiger charge is -2.35. The average Bonchev–Trinajstić information content (AvgIpc) is 2.38. The molecule has 1 aliphatic heterocycles. The van der Waals surface area contributed by atoms with E-state index in [-0.39, 0.29) is 18.2 Å². The predicted molar refractivity (Wildman–Crippen MR) is 73.6 cm³/mol. The second-order valence-electron chi connectivity index (χ2n) is 5.56. The third-order valence-electron chi connectivity index (χ3n) is 3.96. The highest BCUT2D eigenvalue weighted by Gasteiger charge is 2.27. The summed E-state index contributed by atoms with van der Waals surface area (Å²) in [6, 6.07) is 0. The van der Waals surface area contributed by atoms with Crippen LogP contribution in [0.4, 0.5) is 0 Å². The number of nitrogens with two attached hydrogens (primary N) is 1. The monoisotopic (exact) mass is 270 g/mol. The molecule has 2 atom stereocenters. The second-order valence-corrected chi connectivity index (χ2v) is 5.56. The zero-order chi connectivity index (χ0) is 14.3. The lowest BCUT2D eigenvalue weighted by molar-refractivity contribution is -0.138. The molecule has 0 aromatic rings. The summed E-state index contributed by atoms with van der Waals surface area (Å²) < 4.78 is 0. The molecule has 0 bridgehead atoms. The van der Waals surface area contributed by atoms with E-state index in [1.807, 2.05) is 11.8 Å². The van der Waals surface area contributed by atoms with Crippen LogP contribution in [-0.2, 0) is 9.59 Å². The molecule has 0 aromatic heterocycles. The Labute approximate surface area is 115 Å². The van der Waals surface area contributed by atoms with Crippen molar-refractivity contribution in [2.45, 2.75) is 45.4 Å². The number of hydrogen-bond donors (Lipinski definition) is 2. The van der Waals surface area contributed by atoms with Crippen LogP contribution in [0.5, 0.6) is 0 Å². The number of hydrogen-bond acceptors (Lipinski definition) is 3. The largest absolute Gasteiger partial charge is 0.481 e. The smallest absolute Gasteiger partial charge is 0.303 e. The zero-order valence-corrected chi connectivity index (χ0v) is 11.8. The van der Waals surface area contributed by atoms with Gasteiger partial charge in [0.1, 0.15) is 0 Å². The van der Waals surface area contributed by atoms with Crippen molar-refractivity contribution in [3.63, 3.8) is 0 Å². The van der Waals surface area contributed by atoms with E-state index in [1.165, 1.54) is 0 Å². The third-order valence-corrected chi connectivity index (χ3v) is 3.96. The number of rotatable bonds is 7. The molecule has 19 heavy (non-hydrogen) atoms. The minimum atomic E-state index is -0.751. The Hall–Kier alpha value is -1.10. The lowest BCUT2D eigenvalue weighted by atomic mass is 9.84. The summed E-state index contributed by atoms with van der Waals surface area (Å²) in [6.45, 7) is 4.14. The van der Waals surface area contributed by atoms with Crippen molar-refractivity contribution in [1.82, 2.24) is 4.90 Å². The maximum absolute atomic E-state index is 12.0. The van der Waals surface area contributed by atoms with Crippen LogP contribution in [0.25, 0.3) is 0 Å². The molecule has 1 heterocycles. The van der Waals surface area contributed by atoms with Crippen LogP contribution >= 0.6 is 0 Å². The molecule has 1 saturated heterocycles. The third kappa shape index (κ3) is 5.59. The molecule has 1 rings (SSSR count). The molecule has 0 radical (unpaired) electrons. The number of nitrogens with zero attached hydrogens (tertiary/aromatic N) is 1. The Morgan fingerprint density at radius 2 is 2.16 bits per heavy atom. The summed E-state index contributed by atoms with van der Waals surface area (Å²) in [7, 11) is 0. The van der Waals surface area contributed by atoms with Gasteiger partial charge >= 0.3 is 5.97 Å². The van der Waals surface area contributed by atoms with Crippen molar-refractivity contribution in [2.75, 3.05) is 19.6 Å². The summed E-state index contributed by atoms with van der Waals surface area (Å²) in [5.41, 5.74) is 5.42. The van der Waals surface area contributed by atoms with E-state index in [1.54, 1.807) is 0 Å². The molecular weight excluding hydrogens is 244 g/mol. The summed E-state index contributed by atoms with van der Waals surface area (Å²) in [5, 5.41) is 8.84. The number of carboxylic acid groups (broad SMARTS) is 1. The van der Waals surface area contributed by atoms with E-state index >= 15 is 0 Å². The van der Waals surface area contributed by atoms with Crippen LogP contribution in [0.2, 0.25) is 0 Å². The van der Waals surface area contributed by atoms with Crippen molar-refractivity contribution in [2.24, 2.45) is 17.6 Å². The Morgan fingerprint density at radius 1 is 1.42 bits per heavy atom. The summed E-state index contributed by atoms with van der Waals surface area (Å²) >= 11 is 0. The highest BCUT2D eigenvalue weighted by atomic mass is 16.4. The van der Waals surface area contributed by atoms with E-state index < -0.39 is 5.97 Å². The number of carbonyl (C=O) groups is 2. The Balaban J connectivity index is 2.40. The standard InChI is InChI=1S/C14H26N2O3/c1-11(9-14(18)19)12-5-4-8-16(10-12)13(17)6-2-3-7-15/h11-12H,2-10,15H2,1H3,(H,18,19). The molecule has 0 aliphatic carbocycles. The van der Waals surface area contributed by atoms with Gasteiger partial charge in [-0.05, 0) is 44.1 Å². The van der Waals surface area contributed by atoms with E-state index in [0.29, 0.717) is 18.9 Å². The number of amides is 1. The molecule has 0 spiro atoms. The maximum atomic E-state index is 12.0. The van der Waals surface area contributed by atoms with Crippen molar-refractivity contribution < 1.29 is 14.7 Å². The van der Waals surface area contributed by atoms with Crippen molar-refractivity contribution >= 4 is 11.9 Å². The molecule has 0 saturated carbocycles. The second kappa shape index (κ2) is 8.15. The normalized spacial score (nSPS) is 21.2. The first-order valence-corrected chi connectivity index (χ1v) is 7.24. The molecule has 5 heteroatoms. The average molecular weight is 270 g/mol. The summed E-state index contributed by atoms with van der Waals surface area (Å²) in [4.78, 5) is 24.7. The minimum Gasteiger partial charge on any atom is -0.481 e. The Morgan fingerprint density at radius 3 is 2.79 bits per heavy atom. The zero-order valence-electron chi connectivity index (χ0n) is 11.8. The number of carbonyl (C=O) groups excluding carboxylic acids is 1. The minimum absolute atomic E-state index is 0.136. The molecule has 0 aromatic carbocycles. The molecule has 110 valence electrons. The van der Waals surface area contributed by atoms with E-state index in [4.69, 9.17) is 10.8 Å². The number of aliphatic carboxylic acids is 1. The predicted octanol–water partition coefficient (Wildman–Crippen LogP) is 1.46. The van der Waals surface area contributed by atoms with Gasteiger partial charge in [0.25, 0.3) is 0 Å². The molecule has 1 amide bonds. The molecule has 2 unspecified atom stereocenters. The van der Waals surface area contributed by atoms with Gasteiger partial charge < -0.3 is 15.7 Å². The van der Waals surface area contributed by atoms with Crippen LogP contribution in [0.15, 0.2) is 0 Å². The number of likely N-dealkylation sites (tertiary alicyclic amines) is 1. The van der Waals surface area contributed by atoms with Crippen molar-refractivity contribution in [1.29, 1.82) is 0 Å². The molecular formula is C14H26N2O3. The molecule has 3 N–H and O–H groups in total. The van der Waals surface area contributed by atoms with Gasteiger partial charge in [0, 0.05) is 25.9 Å². The van der Waals surface area contributed by atoms with Gasteiger partial charge in [0.2, 0.25) is 5.91 Å². The van der Waals surface area contributed by atoms with Gasteiger partial charge in [-0.25, -0.2) is 0 Å². The van der Waals surface area contributed by atoms with Crippen LogP contribution in [0.1, 0.15) is 45.4 Å². The number of unbranched alkanes of at least 4 members (excludes halogenated alkanes) is 1. The van der Waals surface area contributed by atoms with E-state index in [9.17, 15) is 9.59 Å². The van der Waals surface area contributed by atoms with E-state index in [0.717, 1.165) is 38.8 Å². The number of carboxylic acids is 1. The van der Waals surface area contributed by atoms with Crippen LogP contribution in [0.3, 0.4) is 0 Å². The van der Waals surface area contributed by atoms with Gasteiger partial charge in [-0.2, -0.15) is 0 Å². The molecule has 1 fully saturated rings. The van der Waals surface area contributed by atoms with Crippen molar-refractivity contribution in [3.05, 3.63) is 0 Å².